The van der Waals surface area contributed by atoms with E-state index < -0.39 is 10.0 Å². The summed E-state index contributed by atoms with van der Waals surface area (Å²) in [5.74, 6) is 0.189. The molecule has 0 saturated carbocycles. The second-order valence-corrected chi connectivity index (χ2v) is 7.20. The first kappa shape index (κ1) is 15.6. The molecule has 0 fully saturated rings. The van der Waals surface area contributed by atoms with E-state index in [9.17, 15) is 8.42 Å². The fourth-order valence-corrected chi connectivity index (χ4v) is 3.49. The van der Waals surface area contributed by atoms with Gasteiger partial charge < -0.3 is 5.32 Å². The summed E-state index contributed by atoms with van der Waals surface area (Å²) in [5, 5.41) is 5.18. The lowest BCUT2D eigenvalue weighted by atomic mass is 10.3. The summed E-state index contributed by atoms with van der Waals surface area (Å²) in [5.41, 5.74) is 1.15. The SMILES string of the molecule is CCCNCCCS(=O)(=O)NCc1sccc1C. The predicted molar refractivity (Wildman–Crippen MR) is 77.5 cm³/mol. The summed E-state index contributed by atoms with van der Waals surface area (Å²) in [7, 11) is -3.14. The molecule has 6 heteroatoms. The molecule has 0 aliphatic heterocycles. The molecule has 0 aliphatic rings. The van der Waals surface area contributed by atoms with Crippen LogP contribution in [0.15, 0.2) is 11.4 Å². The summed E-state index contributed by atoms with van der Waals surface area (Å²) < 4.78 is 26.1. The van der Waals surface area contributed by atoms with Crippen LogP contribution in [0.2, 0.25) is 0 Å². The van der Waals surface area contributed by atoms with Crippen LogP contribution < -0.4 is 10.0 Å². The molecule has 1 aromatic heterocycles. The van der Waals surface area contributed by atoms with Crippen molar-refractivity contribution in [3.8, 4) is 0 Å². The van der Waals surface area contributed by atoms with Crippen molar-refractivity contribution in [3.63, 3.8) is 0 Å². The quantitative estimate of drug-likeness (QED) is 0.683. The van der Waals surface area contributed by atoms with Crippen LogP contribution in [0.5, 0.6) is 0 Å². The van der Waals surface area contributed by atoms with Crippen molar-refractivity contribution in [3.05, 3.63) is 21.9 Å². The van der Waals surface area contributed by atoms with E-state index in [1.54, 1.807) is 11.3 Å². The third kappa shape index (κ3) is 5.95. The average Bonchev–Trinajstić information content (AvgIpc) is 2.72. The Morgan fingerprint density at radius 3 is 2.72 bits per heavy atom. The Kier molecular flexibility index (Phi) is 6.85. The summed E-state index contributed by atoms with van der Waals surface area (Å²) in [6, 6.07) is 2.00. The Morgan fingerprint density at radius 1 is 1.33 bits per heavy atom. The second kappa shape index (κ2) is 7.89. The molecule has 0 amide bonds. The molecular formula is C12H22N2O2S2. The maximum atomic E-state index is 11.7. The maximum absolute atomic E-state index is 11.7. The number of nitrogens with one attached hydrogen (secondary N) is 2. The largest absolute Gasteiger partial charge is 0.317 e. The van der Waals surface area contributed by atoms with Crippen LogP contribution in [0, 0.1) is 6.92 Å². The third-order valence-electron chi connectivity index (χ3n) is 2.61. The lowest BCUT2D eigenvalue weighted by molar-refractivity contribution is 0.574. The minimum Gasteiger partial charge on any atom is -0.317 e. The van der Waals surface area contributed by atoms with E-state index in [0.717, 1.165) is 30.0 Å². The Balaban J connectivity index is 2.25. The van der Waals surface area contributed by atoms with Gasteiger partial charge in [0.1, 0.15) is 0 Å². The Bertz CT molecular complexity index is 441. The van der Waals surface area contributed by atoms with Gasteiger partial charge in [-0.1, -0.05) is 6.92 Å². The fourth-order valence-electron chi connectivity index (χ4n) is 1.52. The third-order valence-corrected chi connectivity index (χ3v) is 5.05. The highest BCUT2D eigenvalue weighted by atomic mass is 32.2. The number of hydrogen-bond donors (Lipinski definition) is 2. The van der Waals surface area contributed by atoms with Crippen LogP contribution in [-0.2, 0) is 16.6 Å². The van der Waals surface area contributed by atoms with Gasteiger partial charge in [-0.3, -0.25) is 0 Å². The monoisotopic (exact) mass is 290 g/mol. The molecule has 0 atom stereocenters. The van der Waals surface area contributed by atoms with E-state index in [1.165, 1.54) is 0 Å². The topological polar surface area (TPSA) is 58.2 Å². The van der Waals surface area contributed by atoms with E-state index in [-0.39, 0.29) is 5.75 Å². The first-order valence-electron chi connectivity index (χ1n) is 6.26. The minimum atomic E-state index is -3.14. The molecule has 18 heavy (non-hydrogen) atoms. The highest BCUT2D eigenvalue weighted by Crippen LogP contribution is 2.15. The highest BCUT2D eigenvalue weighted by molar-refractivity contribution is 7.89. The Morgan fingerprint density at radius 2 is 2.11 bits per heavy atom. The van der Waals surface area contributed by atoms with E-state index in [4.69, 9.17) is 0 Å². The number of thiophene rings is 1. The van der Waals surface area contributed by atoms with Crippen molar-refractivity contribution in [1.29, 1.82) is 0 Å². The molecule has 0 saturated heterocycles. The van der Waals surface area contributed by atoms with E-state index in [1.807, 2.05) is 18.4 Å². The van der Waals surface area contributed by atoms with Gasteiger partial charge in [0.05, 0.1) is 5.75 Å². The van der Waals surface area contributed by atoms with Crippen LogP contribution >= 0.6 is 11.3 Å². The Hall–Kier alpha value is -0.430. The summed E-state index contributed by atoms with van der Waals surface area (Å²) in [4.78, 5) is 1.09. The zero-order valence-electron chi connectivity index (χ0n) is 11.0. The van der Waals surface area contributed by atoms with Crippen molar-refractivity contribution >= 4 is 21.4 Å². The van der Waals surface area contributed by atoms with Crippen molar-refractivity contribution in [2.45, 2.75) is 33.2 Å². The minimum absolute atomic E-state index is 0.189. The molecule has 2 N–H and O–H groups in total. The van der Waals surface area contributed by atoms with Crippen molar-refractivity contribution in [2.24, 2.45) is 0 Å². The van der Waals surface area contributed by atoms with Gasteiger partial charge in [-0.05, 0) is 49.9 Å². The van der Waals surface area contributed by atoms with Crippen LogP contribution in [0.3, 0.4) is 0 Å². The summed E-state index contributed by atoms with van der Waals surface area (Å²) in [6.45, 7) is 6.20. The summed E-state index contributed by atoms with van der Waals surface area (Å²) >= 11 is 1.59. The Labute approximate surface area is 114 Å². The molecular weight excluding hydrogens is 268 g/mol. The van der Waals surface area contributed by atoms with E-state index in [2.05, 4.69) is 17.0 Å². The van der Waals surface area contributed by atoms with E-state index in [0.29, 0.717) is 13.0 Å². The van der Waals surface area contributed by atoms with Crippen molar-refractivity contribution in [2.75, 3.05) is 18.8 Å². The lowest BCUT2D eigenvalue weighted by Crippen LogP contribution is -2.28. The highest BCUT2D eigenvalue weighted by Gasteiger charge is 2.10. The molecule has 1 heterocycles. The normalized spacial score (nSPS) is 11.9. The van der Waals surface area contributed by atoms with Crippen molar-refractivity contribution in [1.82, 2.24) is 10.0 Å². The van der Waals surface area contributed by atoms with Crippen LogP contribution in [-0.4, -0.2) is 27.3 Å². The van der Waals surface area contributed by atoms with Gasteiger partial charge >= 0.3 is 0 Å². The molecule has 0 aromatic carbocycles. The predicted octanol–water partition coefficient (Wildman–Crippen LogP) is 1.87. The van der Waals surface area contributed by atoms with E-state index >= 15 is 0 Å². The molecule has 1 aromatic rings. The molecule has 0 aliphatic carbocycles. The first-order chi connectivity index (χ1) is 8.55. The van der Waals surface area contributed by atoms with Crippen LogP contribution in [0.4, 0.5) is 0 Å². The number of aryl methyl sites for hydroxylation is 1. The van der Waals surface area contributed by atoms with Gasteiger partial charge in [0.15, 0.2) is 0 Å². The zero-order valence-corrected chi connectivity index (χ0v) is 12.7. The zero-order chi connectivity index (χ0) is 13.4. The maximum Gasteiger partial charge on any atom is 0.211 e. The lowest BCUT2D eigenvalue weighted by Gasteiger charge is -2.07. The molecule has 4 nitrogen and oxygen atoms in total. The van der Waals surface area contributed by atoms with Crippen LogP contribution in [0.25, 0.3) is 0 Å². The molecule has 104 valence electrons. The molecule has 1 rings (SSSR count). The molecule has 0 radical (unpaired) electrons. The number of sulfonamides is 1. The van der Waals surface area contributed by atoms with Gasteiger partial charge in [0, 0.05) is 11.4 Å². The average molecular weight is 290 g/mol. The number of hydrogen-bond acceptors (Lipinski definition) is 4. The van der Waals surface area contributed by atoms with Gasteiger partial charge in [-0.2, -0.15) is 0 Å². The fraction of sp³-hybridized carbons (Fsp3) is 0.667. The standard InChI is InChI=1S/C12H22N2O2S2/c1-3-6-13-7-4-9-18(15,16)14-10-12-11(2)5-8-17-12/h5,8,13-14H,3-4,6-7,9-10H2,1-2H3. The molecule has 0 unspecified atom stereocenters. The molecule has 0 bridgehead atoms. The van der Waals surface area contributed by atoms with Gasteiger partial charge in [-0.25, -0.2) is 13.1 Å². The second-order valence-electron chi connectivity index (χ2n) is 4.27. The summed E-state index contributed by atoms with van der Waals surface area (Å²) in [6.07, 6.45) is 1.72. The molecule has 0 spiro atoms. The van der Waals surface area contributed by atoms with Crippen LogP contribution in [0.1, 0.15) is 30.2 Å². The van der Waals surface area contributed by atoms with Gasteiger partial charge in [0.2, 0.25) is 10.0 Å². The van der Waals surface area contributed by atoms with Gasteiger partial charge in [-0.15, -0.1) is 11.3 Å². The van der Waals surface area contributed by atoms with Gasteiger partial charge in [0.25, 0.3) is 0 Å². The smallest absolute Gasteiger partial charge is 0.211 e. The first-order valence-corrected chi connectivity index (χ1v) is 8.79. The number of rotatable bonds is 9. The van der Waals surface area contributed by atoms with Crippen molar-refractivity contribution < 1.29 is 8.42 Å².